The number of carbonyl (C=O) groups is 1. The lowest BCUT2D eigenvalue weighted by molar-refractivity contribution is -0.137. The quantitative estimate of drug-likeness (QED) is 0.206. The van der Waals surface area contributed by atoms with Crippen LogP contribution in [0.15, 0.2) is 94.7 Å². The zero-order chi connectivity index (χ0) is 32.7. The van der Waals surface area contributed by atoms with E-state index in [1.54, 1.807) is 0 Å². The Balaban J connectivity index is 1.76. The first-order valence-corrected chi connectivity index (χ1v) is 16.2. The fourth-order valence-corrected chi connectivity index (χ4v) is 6.34. The van der Waals surface area contributed by atoms with Crippen molar-refractivity contribution in [2.45, 2.75) is 17.6 Å². The van der Waals surface area contributed by atoms with E-state index < -0.39 is 66.2 Å². The molecule has 0 fully saturated rings. The zero-order valence-corrected chi connectivity index (χ0v) is 24.6. The van der Waals surface area contributed by atoms with E-state index in [9.17, 15) is 44.0 Å². The lowest BCUT2D eigenvalue weighted by atomic mass is 10.0. The third-order valence-electron chi connectivity index (χ3n) is 6.65. The Morgan fingerprint density at radius 2 is 1.67 bits per heavy atom. The zero-order valence-electron chi connectivity index (χ0n) is 23.0. The van der Waals surface area contributed by atoms with Crippen molar-refractivity contribution in [2.75, 3.05) is 11.0 Å². The van der Waals surface area contributed by atoms with Crippen LogP contribution in [0.3, 0.4) is 0 Å². The van der Waals surface area contributed by atoms with Gasteiger partial charge in [0.2, 0.25) is 10.0 Å². The summed E-state index contributed by atoms with van der Waals surface area (Å²) in [6.45, 7) is -0.435. The Bertz CT molecular complexity index is 2250. The van der Waals surface area contributed by atoms with E-state index in [-0.39, 0.29) is 33.3 Å². The standard InChI is InChI=1S/C29H22F4N4O6S2/c1-44(40,41)35-19-7-4-8-20(15-19)45(42,43)36-28(39)26-25(21-9-5-13-34-27(21)38)22-14-18(29(31,32)33)11-12-24(22)37(26)16-17-6-2-3-10-23(17)30/h2-15,35H,16H2,1H3,(H,34,38)(H,36,39). The number of hydrogen-bond donors (Lipinski definition) is 3. The summed E-state index contributed by atoms with van der Waals surface area (Å²) in [5.41, 5.74) is -3.16. The van der Waals surface area contributed by atoms with Crippen molar-refractivity contribution in [1.29, 1.82) is 0 Å². The molecule has 0 radical (unpaired) electrons. The molecule has 16 heteroatoms. The monoisotopic (exact) mass is 662 g/mol. The lowest BCUT2D eigenvalue weighted by Crippen LogP contribution is -2.33. The summed E-state index contributed by atoms with van der Waals surface area (Å²) in [6, 6.07) is 15.0. The predicted molar refractivity (Wildman–Crippen MR) is 158 cm³/mol. The number of amides is 1. The van der Waals surface area contributed by atoms with E-state index in [1.807, 2.05) is 4.72 Å². The maximum atomic E-state index is 14.8. The van der Waals surface area contributed by atoms with Crippen molar-refractivity contribution >= 4 is 42.5 Å². The molecule has 0 unspecified atom stereocenters. The topological polar surface area (TPSA) is 147 Å². The minimum Gasteiger partial charge on any atom is -0.331 e. The van der Waals surface area contributed by atoms with Crippen LogP contribution in [0.1, 0.15) is 21.6 Å². The Labute approximate surface area is 253 Å². The second-order valence-corrected chi connectivity index (χ2v) is 13.3. The van der Waals surface area contributed by atoms with Crippen molar-refractivity contribution in [3.8, 4) is 11.1 Å². The van der Waals surface area contributed by atoms with Gasteiger partial charge in [0.25, 0.3) is 21.5 Å². The van der Waals surface area contributed by atoms with Crippen LogP contribution < -0.4 is 15.0 Å². The van der Waals surface area contributed by atoms with E-state index in [2.05, 4.69) is 9.71 Å². The molecule has 0 spiro atoms. The van der Waals surface area contributed by atoms with E-state index >= 15 is 0 Å². The summed E-state index contributed by atoms with van der Waals surface area (Å²) >= 11 is 0. The molecule has 3 N–H and O–H groups in total. The number of aromatic nitrogens is 2. The molecule has 45 heavy (non-hydrogen) atoms. The number of benzene rings is 3. The highest BCUT2D eigenvalue weighted by atomic mass is 32.2. The minimum atomic E-state index is -4.82. The molecule has 2 aromatic heterocycles. The fraction of sp³-hybridized carbons (Fsp3) is 0.103. The molecular formula is C29H22F4N4O6S2. The Kier molecular flexibility index (Phi) is 8.05. The first kappa shape index (κ1) is 31.5. The van der Waals surface area contributed by atoms with Gasteiger partial charge in [-0.05, 0) is 54.6 Å². The summed E-state index contributed by atoms with van der Waals surface area (Å²) in [5.74, 6) is -2.06. The second kappa shape index (κ2) is 11.5. The van der Waals surface area contributed by atoms with Gasteiger partial charge in [-0.3, -0.25) is 14.3 Å². The highest BCUT2D eigenvalue weighted by Crippen LogP contribution is 2.39. The van der Waals surface area contributed by atoms with Crippen molar-refractivity contribution in [2.24, 2.45) is 0 Å². The van der Waals surface area contributed by atoms with Crippen LogP contribution in [0, 0.1) is 5.82 Å². The number of alkyl halides is 3. The number of H-pyrrole nitrogens is 1. The van der Waals surface area contributed by atoms with Crippen molar-refractivity contribution in [3.63, 3.8) is 0 Å². The van der Waals surface area contributed by atoms with Gasteiger partial charge in [0, 0.05) is 39.5 Å². The lowest BCUT2D eigenvalue weighted by Gasteiger charge is -2.14. The highest BCUT2D eigenvalue weighted by molar-refractivity contribution is 7.92. The fourth-order valence-electron chi connectivity index (χ4n) is 4.79. The number of fused-ring (bicyclic) bond motifs is 1. The number of halogens is 4. The van der Waals surface area contributed by atoms with Crippen LogP contribution >= 0.6 is 0 Å². The normalized spacial score (nSPS) is 12.3. The molecule has 5 rings (SSSR count). The van der Waals surface area contributed by atoms with E-state index in [0.29, 0.717) is 0 Å². The average Bonchev–Trinajstić information content (AvgIpc) is 3.26. The van der Waals surface area contributed by atoms with Crippen LogP contribution in [0.5, 0.6) is 0 Å². The Hall–Kier alpha value is -4.96. The summed E-state index contributed by atoms with van der Waals surface area (Å²) in [5, 5.41) is -0.222. The van der Waals surface area contributed by atoms with Gasteiger partial charge in [0.1, 0.15) is 11.5 Å². The number of rotatable bonds is 8. The molecule has 0 saturated heterocycles. The number of nitrogens with zero attached hydrogens (tertiary/aromatic N) is 1. The van der Waals surface area contributed by atoms with Gasteiger partial charge in [-0.15, -0.1) is 0 Å². The maximum Gasteiger partial charge on any atom is 0.416 e. The summed E-state index contributed by atoms with van der Waals surface area (Å²) in [7, 11) is -8.54. The van der Waals surface area contributed by atoms with Crippen LogP contribution in [0.2, 0.25) is 0 Å². The molecule has 0 bridgehead atoms. The van der Waals surface area contributed by atoms with Crippen molar-refractivity contribution in [1.82, 2.24) is 14.3 Å². The highest BCUT2D eigenvalue weighted by Gasteiger charge is 2.34. The summed E-state index contributed by atoms with van der Waals surface area (Å²) < 4.78 is 111. The largest absolute Gasteiger partial charge is 0.416 e. The van der Waals surface area contributed by atoms with E-state index in [4.69, 9.17) is 0 Å². The summed E-state index contributed by atoms with van der Waals surface area (Å²) in [6.07, 6.45) is -2.71. The molecule has 0 aliphatic carbocycles. The third kappa shape index (κ3) is 6.61. The van der Waals surface area contributed by atoms with Gasteiger partial charge in [0.15, 0.2) is 0 Å². The average molecular weight is 663 g/mol. The molecule has 0 atom stereocenters. The number of sulfonamides is 2. The van der Waals surface area contributed by atoms with Gasteiger partial charge < -0.3 is 9.55 Å². The number of nitrogens with one attached hydrogen (secondary N) is 3. The molecule has 0 saturated carbocycles. The first-order valence-electron chi connectivity index (χ1n) is 12.8. The Morgan fingerprint density at radius 3 is 2.33 bits per heavy atom. The second-order valence-electron chi connectivity index (χ2n) is 9.88. The molecule has 10 nitrogen and oxygen atoms in total. The number of pyridine rings is 1. The van der Waals surface area contributed by atoms with Gasteiger partial charge in [-0.1, -0.05) is 24.3 Å². The molecule has 3 aromatic carbocycles. The van der Waals surface area contributed by atoms with Crippen LogP contribution in [-0.4, -0.2) is 38.5 Å². The third-order valence-corrected chi connectivity index (χ3v) is 8.59. The molecule has 2 heterocycles. The van der Waals surface area contributed by atoms with Crippen LogP contribution in [-0.2, 0) is 32.8 Å². The smallest absolute Gasteiger partial charge is 0.331 e. The number of anilines is 1. The number of carbonyl (C=O) groups excluding carboxylic acids is 1. The van der Waals surface area contributed by atoms with Gasteiger partial charge >= 0.3 is 6.18 Å². The first-order chi connectivity index (χ1) is 21.0. The van der Waals surface area contributed by atoms with Gasteiger partial charge in [-0.2, -0.15) is 13.2 Å². The van der Waals surface area contributed by atoms with E-state index in [0.717, 1.165) is 47.2 Å². The van der Waals surface area contributed by atoms with Crippen molar-refractivity contribution < 1.29 is 39.2 Å². The molecule has 0 aliphatic heterocycles. The minimum absolute atomic E-state index is 0.0132. The number of hydrogen-bond acceptors (Lipinski definition) is 6. The van der Waals surface area contributed by atoms with Gasteiger partial charge in [0.05, 0.1) is 23.3 Å². The van der Waals surface area contributed by atoms with Crippen LogP contribution in [0.4, 0.5) is 23.2 Å². The SMILES string of the molecule is CS(=O)(=O)Nc1cccc(S(=O)(=O)NC(=O)c2c(-c3ccc[nH]c3=O)c3cc(C(F)(F)F)ccc3n2Cc2ccccc2F)c1. The maximum absolute atomic E-state index is 14.8. The van der Waals surface area contributed by atoms with Crippen molar-refractivity contribution in [3.05, 3.63) is 118 Å². The molecule has 234 valence electrons. The molecule has 0 aliphatic rings. The summed E-state index contributed by atoms with van der Waals surface area (Å²) in [4.78, 5) is 28.8. The number of aromatic amines is 1. The Morgan fingerprint density at radius 1 is 0.933 bits per heavy atom. The van der Waals surface area contributed by atoms with Gasteiger partial charge in [-0.25, -0.2) is 25.9 Å². The predicted octanol–water partition coefficient (Wildman–Crippen LogP) is 4.69. The van der Waals surface area contributed by atoms with E-state index in [1.165, 1.54) is 48.7 Å². The molecule has 1 amide bonds. The molecular weight excluding hydrogens is 640 g/mol. The van der Waals surface area contributed by atoms with Crippen LogP contribution in [0.25, 0.3) is 22.0 Å². The molecule has 5 aromatic rings.